The largest absolute Gasteiger partial charge is 0.339 e. The molecule has 0 atom stereocenters. The van der Waals surface area contributed by atoms with Crippen LogP contribution in [-0.4, -0.2) is 40.9 Å². The summed E-state index contributed by atoms with van der Waals surface area (Å²) >= 11 is 0. The van der Waals surface area contributed by atoms with Gasteiger partial charge in [-0.3, -0.25) is 4.98 Å². The van der Waals surface area contributed by atoms with E-state index in [0.717, 1.165) is 5.56 Å². The fourth-order valence-corrected chi connectivity index (χ4v) is 4.18. The van der Waals surface area contributed by atoms with E-state index < -0.39 is 10.0 Å². The quantitative estimate of drug-likeness (QED) is 0.712. The van der Waals surface area contributed by atoms with Crippen molar-refractivity contribution in [3.8, 4) is 11.5 Å². The Balaban J connectivity index is 1.47. The number of rotatable bonds is 4. The predicted octanol–water partition coefficient (Wildman–Crippen LogP) is 2.23. The number of aryl methyl sites for hydroxylation is 1. The highest BCUT2D eigenvalue weighted by Gasteiger charge is 2.40. The van der Waals surface area contributed by atoms with E-state index >= 15 is 0 Å². The molecule has 3 heterocycles. The summed E-state index contributed by atoms with van der Waals surface area (Å²) in [4.78, 5) is 8.82. The molecule has 2 aromatic heterocycles. The number of sulfonamides is 1. The van der Waals surface area contributed by atoms with Gasteiger partial charge in [0.1, 0.15) is 5.69 Å². The lowest BCUT2D eigenvalue weighted by atomic mass is 10.0. The third-order valence-corrected chi connectivity index (χ3v) is 6.04. The first-order chi connectivity index (χ1) is 12.0. The summed E-state index contributed by atoms with van der Waals surface area (Å²) in [5.74, 6) is 0.761. The van der Waals surface area contributed by atoms with Crippen molar-refractivity contribution in [1.29, 1.82) is 0 Å². The Morgan fingerprint density at radius 2 is 1.88 bits per heavy atom. The number of benzene rings is 1. The van der Waals surface area contributed by atoms with Crippen molar-refractivity contribution in [3.05, 3.63) is 60.1 Å². The average Bonchev–Trinajstić information content (AvgIpc) is 3.04. The molecule has 25 heavy (non-hydrogen) atoms. The van der Waals surface area contributed by atoms with E-state index in [-0.39, 0.29) is 5.92 Å². The SMILES string of the molecule is Cc1ccc(S(=O)(=O)N2CC(c3nc(-c4ccccn4)no3)C2)cc1. The minimum atomic E-state index is -3.47. The third kappa shape index (κ3) is 2.94. The van der Waals surface area contributed by atoms with Gasteiger partial charge in [0.2, 0.25) is 21.7 Å². The molecular weight excluding hydrogens is 340 g/mol. The highest BCUT2D eigenvalue weighted by atomic mass is 32.2. The van der Waals surface area contributed by atoms with E-state index in [2.05, 4.69) is 15.1 Å². The Morgan fingerprint density at radius 3 is 2.56 bits per heavy atom. The Bertz CT molecular complexity index is 978. The summed E-state index contributed by atoms with van der Waals surface area (Å²) in [7, 11) is -3.47. The van der Waals surface area contributed by atoms with Crippen molar-refractivity contribution >= 4 is 10.0 Å². The maximum Gasteiger partial charge on any atom is 0.243 e. The maximum atomic E-state index is 12.6. The zero-order valence-corrected chi connectivity index (χ0v) is 14.3. The molecule has 1 fully saturated rings. The molecule has 1 aliphatic rings. The van der Waals surface area contributed by atoms with Gasteiger partial charge in [0.25, 0.3) is 0 Å². The molecule has 8 heteroatoms. The van der Waals surface area contributed by atoms with Crippen molar-refractivity contribution in [1.82, 2.24) is 19.4 Å². The monoisotopic (exact) mass is 356 g/mol. The average molecular weight is 356 g/mol. The van der Waals surface area contributed by atoms with Gasteiger partial charge in [-0.1, -0.05) is 28.9 Å². The second-order valence-electron chi connectivity index (χ2n) is 6.00. The molecule has 1 saturated heterocycles. The van der Waals surface area contributed by atoms with Crippen LogP contribution in [0.5, 0.6) is 0 Å². The third-order valence-electron chi connectivity index (χ3n) is 4.19. The summed E-state index contributed by atoms with van der Waals surface area (Å²) in [5.41, 5.74) is 1.65. The van der Waals surface area contributed by atoms with Crippen LogP contribution >= 0.6 is 0 Å². The number of hydrogen-bond acceptors (Lipinski definition) is 6. The molecule has 128 valence electrons. The smallest absolute Gasteiger partial charge is 0.243 e. The van der Waals surface area contributed by atoms with E-state index in [4.69, 9.17) is 4.52 Å². The number of hydrogen-bond donors (Lipinski definition) is 0. The number of aromatic nitrogens is 3. The molecular formula is C17H16N4O3S. The van der Waals surface area contributed by atoms with Crippen LogP contribution in [0.1, 0.15) is 17.4 Å². The van der Waals surface area contributed by atoms with Gasteiger partial charge in [-0.05, 0) is 31.2 Å². The Kier molecular flexibility index (Phi) is 3.85. The molecule has 0 radical (unpaired) electrons. The van der Waals surface area contributed by atoms with Crippen LogP contribution in [0.3, 0.4) is 0 Å². The fraction of sp³-hybridized carbons (Fsp3) is 0.235. The molecule has 7 nitrogen and oxygen atoms in total. The van der Waals surface area contributed by atoms with Crippen LogP contribution in [0, 0.1) is 6.92 Å². The summed E-state index contributed by atoms with van der Waals surface area (Å²) < 4.78 is 31.9. The van der Waals surface area contributed by atoms with Crippen molar-refractivity contribution in [2.75, 3.05) is 13.1 Å². The zero-order valence-electron chi connectivity index (χ0n) is 13.5. The highest BCUT2D eigenvalue weighted by molar-refractivity contribution is 7.89. The number of pyridine rings is 1. The first-order valence-corrected chi connectivity index (χ1v) is 9.30. The molecule has 0 unspecified atom stereocenters. The molecule has 0 aliphatic carbocycles. The van der Waals surface area contributed by atoms with Crippen molar-refractivity contribution in [2.24, 2.45) is 0 Å². The molecule has 0 amide bonds. The Hall–Kier alpha value is -2.58. The van der Waals surface area contributed by atoms with Crippen LogP contribution in [0.4, 0.5) is 0 Å². The zero-order chi connectivity index (χ0) is 17.4. The van der Waals surface area contributed by atoms with E-state index in [1.54, 1.807) is 36.5 Å². The lowest BCUT2D eigenvalue weighted by Gasteiger charge is -2.35. The predicted molar refractivity (Wildman–Crippen MR) is 90.2 cm³/mol. The normalized spacial score (nSPS) is 15.9. The summed E-state index contributed by atoms with van der Waals surface area (Å²) in [5, 5.41) is 3.93. The molecule has 0 bridgehead atoms. The first kappa shape index (κ1) is 15.9. The highest BCUT2D eigenvalue weighted by Crippen LogP contribution is 2.31. The lowest BCUT2D eigenvalue weighted by molar-refractivity contribution is 0.217. The van der Waals surface area contributed by atoms with Gasteiger partial charge in [-0.2, -0.15) is 9.29 Å². The van der Waals surface area contributed by atoms with Crippen molar-refractivity contribution in [2.45, 2.75) is 17.7 Å². The van der Waals surface area contributed by atoms with Gasteiger partial charge in [0, 0.05) is 19.3 Å². The van der Waals surface area contributed by atoms with Crippen LogP contribution < -0.4 is 0 Å². The fourth-order valence-electron chi connectivity index (χ4n) is 2.65. The summed E-state index contributed by atoms with van der Waals surface area (Å²) in [6, 6.07) is 12.3. The van der Waals surface area contributed by atoms with E-state index in [1.165, 1.54) is 4.31 Å². The van der Waals surface area contributed by atoms with E-state index in [0.29, 0.717) is 35.4 Å². The molecule has 4 rings (SSSR count). The standard InChI is InChI=1S/C17H16N4O3S/c1-12-5-7-14(8-6-12)25(22,23)21-10-13(11-21)17-19-16(20-24-17)15-4-2-3-9-18-15/h2-9,13H,10-11H2,1H3. The summed E-state index contributed by atoms with van der Waals surface area (Å²) in [6.45, 7) is 2.59. The number of nitrogens with zero attached hydrogens (tertiary/aromatic N) is 4. The van der Waals surface area contributed by atoms with Crippen LogP contribution in [0.25, 0.3) is 11.5 Å². The first-order valence-electron chi connectivity index (χ1n) is 7.86. The molecule has 0 saturated carbocycles. The van der Waals surface area contributed by atoms with Crippen molar-refractivity contribution in [3.63, 3.8) is 0 Å². The van der Waals surface area contributed by atoms with Crippen LogP contribution in [-0.2, 0) is 10.0 Å². The Labute approximate surface area is 145 Å². The maximum absolute atomic E-state index is 12.6. The van der Waals surface area contributed by atoms with Gasteiger partial charge >= 0.3 is 0 Å². The minimum absolute atomic E-state index is 0.0924. The van der Waals surface area contributed by atoms with Gasteiger partial charge in [-0.15, -0.1) is 0 Å². The minimum Gasteiger partial charge on any atom is -0.339 e. The van der Waals surface area contributed by atoms with Gasteiger partial charge in [0.05, 0.1) is 10.8 Å². The van der Waals surface area contributed by atoms with Crippen LogP contribution in [0.2, 0.25) is 0 Å². The molecule has 1 aromatic carbocycles. The van der Waals surface area contributed by atoms with E-state index in [1.807, 2.05) is 19.1 Å². The lowest BCUT2D eigenvalue weighted by Crippen LogP contribution is -2.48. The molecule has 1 aliphatic heterocycles. The topological polar surface area (TPSA) is 89.2 Å². The Morgan fingerprint density at radius 1 is 1.12 bits per heavy atom. The van der Waals surface area contributed by atoms with Crippen LogP contribution in [0.15, 0.2) is 58.1 Å². The second kappa shape index (κ2) is 6.05. The second-order valence-corrected chi connectivity index (χ2v) is 7.94. The molecule has 0 N–H and O–H groups in total. The van der Waals surface area contributed by atoms with Gasteiger partial charge in [-0.25, -0.2) is 8.42 Å². The molecule has 0 spiro atoms. The van der Waals surface area contributed by atoms with E-state index in [9.17, 15) is 8.42 Å². The molecule has 3 aromatic rings. The van der Waals surface area contributed by atoms with Gasteiger partial charge < -0.3 is 4.52 Å². The summed E-state index contributed by atoms with van der Waals surface area (Å²) in [6.07, 6.45) is 1.66. The van der Waals surface area contributed by atoms with Gasteiger partial charge in [0.15, 0.2) is 0 Å². The van der Waals surface area contributed by atoms with Crippen molar-refractivity contribution < 1.29 is 12.9 Å².